The van der Waals surface area contributed by atoms with Crippen molar-refractivity contribution >= 4 is 17.5 Å². The van der Waals surface area contributed by atoms with E-state index in [0.717, 1.165) is 22.5 Å². The van der Waals surface area contributed by atoms with Crippen LogP contribution in [-0.4, -0.2) is 35.2 Å². The molecule has 0 spiro atoms. The molecule has 0 fully saturated rings. The van der Waals surface area contributed by atoms with Gasteiger partial charge in [-0.1, -0.05) is 30.3 Å². The second-order valence-electron chi connectivity index (χ2n) is 6.30. The number of carbonyl (C=O) groups is 2. The lowest BCUT2D eigenvalue weighted by molar-refractivity contribution is -0.115. The molecule has 0 bridgehead atoms. The molecule has 0 unspecified atom stereocenters. The Morgan fingerprint density at radius 2 is 1.82 bits per heavy atom. The third-order valence-electron chi connectivity index (χ3n) is 4.42. The highest BCUT2D eigenvalue weighted by Crippen LogP contribution is 2.20. The minimum absolute atomic E-state index is 0.117. The number of nitrogens with one attached hydrogen (secondary N) is 2. The lowest BCUT2D eigenvalue weighted by atomic mass is 10.1. The molecule has 7 heteroatoms. The average Bonchev–Trinajstić information content (AvgIpc) is 3.15. The van der Waals surface area contributed by atoms with Crippen LogP contribution in [0, 0.1) is 13.8 Å². The summed E-state index contributed by atoms with van der Waals surface area (Å²) in [6.07, 6.45) is 1.63. The molecular weight excluding hydrogens is 356 g/mol. The van der Waals surface area contributed by atoms with Crippen LogP contribution >= 0.6 is 0 Å². The number of hydrogen-bond acceptors (Lipinski definition) is 4. The van der Waals surface area contributed by atoms with Crippen LogP contribution in [0.5, 0.6) is 5.75 Å². The van der Waals surface area contributed by atoms with Gasteiger partial charge in [0, 0.05) is 5.69 Å². The number of nitrogens with zero attached hydrogens (tertiary/aromatic N) is 2. The molecule has 3 aromatic rings. The van der Waals surface area contributed by atoms with Crippen molar-refractivity contribution < 1.29 is 14.3 Å². The number of amides is 2. The number of rotatable bonds is 6. The van der Waals surface area contributed by atoms with E-state index in [-0.39, 0.29) is 18.1 Å². The van der Waals surface area contributed by atoms with Crippen LogP contribution in [0.15, 0.2) is 54.7 Å². The summed E-state index contributed by atoms with van der Waals surface area (Å²) in [4.78, 5) is 24.7. The van der Waals surface area contributed by atoms with Crippen molar-refractivity contribution in [3.63, 3.8) is 0 Å². The highest BCUT2D eigenvalue weighted by atomic mass is 16.5. The number of aryl methyl sites for hydroxylation is 1. The van der Waals surface area contributed by atoms with Crippen LogP contribution in [0.3, 0.4) is 0 Å². The number of hydrogen-bond donors (Lipinski definition) is 2. The SMILES string of the molecule is COc1cn(-c2ccccc2)nc1C(=O)NCC(=O)Nc1cccc(C)c1C. The Morgan fingerprint density at radius 3 is 2.54 bits per heavy atom. The molecule has 28 heavy (non-hydrogen) atoms. The van der Waals surface area contributed by atoms with E-state index >= 15 is 0 Å². The van der Waals surface area contributed by atoms with Crippen LogP contribution in [0.4, 0.5) is 5.69 Å². The molecule has 0 aliphatic heterocycles. The third kappa shape index (κ3) is 4.20. The number of aromatic nitrogens is 2. The van der Waals surface area contributed by atoms with E-state index in [0.29, 0.717) is 5.75 Å². The lowest BCUT2D eigenvalue weighted by Gasteiger charge is -2.10. The maximum atomic E-state index is 12.5. The molecular formula is C21H22N4O3. The number of methoxy groups -OCH3 is 1. The maximum absolute atomic E-state index is 12.5. The standard InChI is InChI=1S/C21H22N4O3/c1-14-8-7-11-17(15(14)2)23-19(26)12-22-21(27)20-18(28-3)13-25(24-20)16-9-5-4-6-10-16/h4-11,13H,12H2,1-3H3,(H,22,27)(H,23,26). The summed E-state index contributed by atoms with van der Waals surface area (Å²) < 4.78 is 6.81. The van der Waals surface area contributed by atoms with Crippen molar-refractivity contribution in [1.82, 2.24) is 15.1 Å². The molecule has 0 atom stereocenters. The van der Waals surface area contributed by atoms with E-state index in [4.69, 9.17) is 4.74 Å². The zero-order valence-corrected chi connectivity index (χ0v) is 16.0. The fraction of sp³-hybridized carbons (Fsp3) is 0.190. The van der Waals surface area contributed by atoms with Gasteiger partial charge in [-0.05, 0) is 43.2 Å². The zero-order chi connectivity index (χ0) is 20.1. The number of anilines is 1. The predicted molar refractivity (Wildman–Crippen MR) is 107 cm³/mol. The zero-order valence-electron chi connectivity index (χ0n) is 16.0. The Labute approximate surface area is 163 Å². The van der Waals surface area contributed by atoms with Gasteiger partial charge in [-0.2, -0.15) is 5.10 Å². The topological polar surface area (TPSA) is 85.2 Å². The van der Waals surface area contributed by atoms with Gasteiger partial charge in [-0.25, -0.2) is 4.68 Å². The molecule has 2 amide bonds. The summed E-state index contributed by atoms with van der Waals surface area (Å²) in [5.74, 6) is -0.470. The number of carbonyl (C=O) groups excluding carboxylic acids is 2. The van der Waals surface area contributed by atoms with Gasteiger partial charge in [0.15, 0.2) is 11.4 Å². The first kappa shape index (κ1) is 19.2. The largest absolute Gasteiger partial charge is 0.493 e. The Balaban J connectivity index is 1.67. The number of ether oxygens (including phenoxy) is 1. The molecule has 2 aromatic carbocycles. The summed E-state index contributed by atoms with van der Waals surface area (Å²) >= 11 is 0. The van der Waals surface area contributed by atoms with E-state index in [2.05, 4.69) is 15.7 Å². The first-order valence-electron chi connectivity index (χ1n) is 8.83. The third-order valence-corrected chi connectivity index (χ3v) is 4.42. The second kappa shape index (κ2) is 8.39. The Morgan fingerprint density at radius 1 is 1.07 bits per heavy atom. The van der Waals surface area contributed by atoms with Gasteiger partial charge in [0.1, 0.15) is 0 Å². The first-order valence-corrected chi connectivity index (χ1v) is 8.83. The van der Waals surface area contributed by atoms with Crippen molar-refractivity contribution in [3.8, 4) is 11.4 Å². The van der Waals surface area contributed by atoms with Crippen molar-refractivity contribution in [2.75, 3.05) is 19.0 Å². The second-order valence-corrected chi connectivity index (χ2v) is 6.30. The van der Waals surface area contributed by atoms with Gasteiger partial charge in [-0.15, -0.1) is 0 Å². The summed E-state index contributed by atoms with van der Waals surface area (Å²) in [6.45, 7) is 3.74. The molecule has 144 valence electrons. The molecule has 0 saturated carbocycles. The number of benzene rings is 2. The van der Waals surface area contributed by atoms with Crippen LogP contribution in [0.2, 0.25) is 0 Å². The fourth-order valence-corrected chi connectivity index (χ4v) is 2.70. The van der Waals surface area contributed by atoms with Crippen LogP contribution in [0.1, 0.15) is 21.6 Å². The maximum Gasteiger partial charge on any atom is 0.276 e. The number of para-hydroxylation sites is 1. The Hall–Kier alpha value is -3.61. The molecule has 0 aliphatic rings. The van der Waals surface area contributed by atoms with Crippen molar-refractivity contribution in [2.24, 2.45) is 0 Å². The minimum Gasteiger partial charge on any atom is -0.493 e. The first-order chi connectivity index (χ1) is 13.5. The van der Waals surface area contributed by atoms with E-state index in [1.54, 1.807) is 10.9 Å². The van der Waals surface area contributed by atoms with Gasteiger partial charge in [0.05, 0.1) is 25.5 Å². The van der Waals surface area contributed by atoms with E-state index in [1.165, 1.54) is 7.11 Å². The van der Waals surface area contributed by atoms with Crippen LogP contribution in [0.25, 0.3) is 5.69 Å². The lowest BCUT2D eigenvalue weighted by Crippen LogP contribution is -2.33. The van der Waals surface area contributed by atoms with E-state index < -0.39 is 5.91 Å². The average molecular weight is 378 g/mol. The van der Waals surface area contributed by atoms with E-state index in [9.17, 15) is 9.59 Å². The molecule has 1 aromatic heterocycles. The van der Waals surface area contributed by atoms with Crippen molar-refractivity contribution in [3.05, 3.63) is 71.5 Å². The minimum atomic E-state index is -0.484. The molecule has 0 aliphatic carbocycles. The van der Waals surface area contributed by atoms with Gasteiger partial charge in [0.2, 0.25) is 5.91 Å². The van der Waals surface area contributed by atoms with Gasteiger partial charge < -0.3 is 15.4 Å². The summed E-state index contributed by atoms with van der Waals surface area (Å²) in [7, 11) is 1.47. The summed E-state index contributed by atoms with van der Waals surface area (Å²) in [5, 5.41) is 9.68. The predicted octanol–water partition coefficient (Wildman–Crippen LogP) is 2.87. The van der Waals surface area contributed by atoms with Crippen LogP contribution < -0.4 is 15.4 Å². The molecule has 7 nitrogen and oxygen atoms in total. The molecule has 0 saturated heterocycles. The van der Waals surface area contributed by atoms with E-state index in [1.807, 2.05) is 62.4 Å². The van der Waals surface area contributed by atoms with Gasteiger partial charge in [0.25, 0.3) is 5.91 Å². The Bertz CT molecular complexity index is 996. The molecule has 3 rings (SSSR count). The van der Waals surface area contributed by atoms with Crippen molar-refractivity contribution in [2.45, 2.75) is 13.8 Å². The Kier molecular flexibility index (Phi) is 5.74. The van der Waals surface area contributed by atoms with Crippen LogP contribution in [-0.2, 0) is 4.79 Å². The van der Waals surface area contributed by atoms with Gasteiger partial charge >= 0.3 is 0 Å². The van der Waals surface area contributed by atoms with Gasteiger partial charge in [-0.3, -0.25) is 9.59 Å². The highest BCUT2D eigenvalue weighted by Gasteiger charge is 2.19. The monoisotopic (exact) mass is 378 g/mol. The highest BCUT2D eigenvalue weighted by molar-refractivity contribution is 6.00. The summed E-state index contributed by atoms with van der Waals surface area (Å²) in [5.41, 5.74) is 3.71. The normalized spacial score (nSPS) is 10.4. The fourth-order valence-electron chi connectivity index (χ4n) is 2.70. The summed E-state index contributed by atoms with van der Waals surface area (Å²) in [6, 6.07) is 15.1. The molecule has 1 heterocycles. The quantitative estimate of drug-likeness (QED) is 0.691. The smallest absolute Gasteiger partial charge is 0.276 e. The molecule has 0 radical (unpaired) electrons. The van der Waals surface area contributed by atoms with Crippen molar-refractivity contribution in [1.29, 1.82) is 0 Å². The molecule has 2 N–H and O–H groups in total.